The number of rotatable bonds is 3. The number of aryl methyl sites for hydroxylation is 1. The summed E-state index contributed by atoms with van der Waals surface area (Å²) < 4.78 is 10.1. The maximum absolute atomic E-state index is 12.4. The van der Waals surface area contributed by atoms with Crippen LogP contribution in [0, 0.1) is 12.3 Å². The van der Waals surface area contributed by atoms with Crippen LogP contribution in [0.5, 0.6) is 0 Å². The first-order chi connectivity index (χ1) is 9.41. The van der Waals surface area contributed by atoms with Gasteiger partial charge < -0.3 is 19.5 Å². The van der Waals surface area contributed by atoms with Gasteiger partial charge >= 0.3 is 0 Å². The molecule has 1 saturated heterocycles. The molecule has 1 aromatic rings. The van der Waals surface area contributed by atoms with Gasteiger partial charge in [-0.25, -0.2) is 0 Å². The standard InChI is InChI=1S/C13H19N3O4/c1-9-8-10(15-20-9)14-11(17)13(2,3)12(18)16-4-6-19-7-5-16/h8H,4-7H2,1-3H3,(H,14,15,17). The quantitative estimate of drug-likeness (QED) is 0.829. The molecule has 0 aliphatic carbocycles. The topological polar surface area (TPSA) is 84.7 Å². The fourth-order valence-corrected chi connectivity index (χ4v) is 1.96. The number of amides is 2. The number of carbonyl (C=O) groups is 2. The second-order valence-electron chi connectivity index (χ2n) is 5.31. The summed E-state index contributed by atoms with van der Waals surface area (Å²) in [5, 5.41) is 6.29. The molecule has 0 atom stereocenters. The Kier molecular flexibility index (Phi) is 4.08. The van der Waals surface area contributed by atoms with Crippen LogP contribution in [0.15, 0.2) is 10.6 Å². The monoisotopic (exact) mass is 281 g/mol. The third-order valence-corrected chi connectivity index (χ3v) is 3.27. The first-order valence-corrected chi connectivity index (χ1v) is 6.53. The van der Waals surface area contributed by atoms with Gasteiger partial charge in [0.25, 0.3) is 0 Å². The van der Waals surface area contributed by atoms with Crippen molar-refractivity contribution in [3.63, 3.8) is 0 Å². The highest BCUT2D eigenvalue weighted by atomic mass is 16.5. The summed E-state index contributed by atoms with van der Waals surface area (Å²) >= 11 is 0. The number of hydrogen-bond donors (Lipinski definition) is 1. The van der Waals surface area contributed by atoms with Crippen molar-refractivity contribution in [2.75, 3.05) is 31.6 Å². The third-order valence-electron chi connectivity index (χ3n) is 3.27. The zero-order valence-corrected chi connectivity index (χ0v) is 11.9. The lowest BCUT2D eigenvalue weighted by atomic mass is 9.90. The molecule has 7 heteroatoms. The summed E-state index contributed by atoms with van der Waals surface area (Å²) in [7, 11) is 0. The number of carbonyl (C=O) groups excluding carboxylic acids is 2. The summed E-state index contributed by atoms with van der Waals surface area (Å²) in [6.07, 6.45) is 0. The molecule has 7 nitrogen and oxygen atoms in total. The van der Waals surface area contributed by atoms with Crippen LogP contribution < -0.4 is 5.32 Å². The van der Waals surface area contributed by atoms with Gasteiger partial charge in [-0.2, -0.15) is 0 Å². The van der Waals surface area contributed by atoms with Crippen LogP contribution in [0.1, 0.15) is 19.6 Å². The Hall–Kier alpha value is -1.89. The van der Waals surface area contributed by atoms with E-state index in [1.54, 1.807) is 31.7 Å². The lowest BCUT2D eigenvalue weighted by Gasteiger charge is -2.33. The Bertz CT molecular complexity index is 503. The number of nitrogens with one attached hydrogen (secondary N) is 1. The molecule has 0 aromatic carbocycles. The predicted molar refractivity (Wildman–Crippen MR) is 71.0 cm³/mol. The van der Waals surface area contributed by atoms with Gasteiger partial charge in [0.15, 0.2) is 5.82 Å². The van der Waals surface area contributed by atoms with Crippen LogP contribution in [0.25, 0.3) is 0 Å². The third kappa shape index (κ3) is 2.98. The first-order valence-electron chi connectivity index (χ1n) is 6.53. The molecule has 0 radical (unpaired) electrons. The molecule has 2 rings (SSSR count). The number of aromatic nitrogens is 1. The molecule has 0 bridgehead atoms. The Morgan fingerprint density at radius 2 is 2.00 bits per heavy atom. The molecule has 2 amide bonds. The van der Waals surface area contributed by atoms with Gasteiger partial charge in [0, 0.05) is 19.2 Å². The van der Waals surface area contributed by atoms with Gasteiger partial charge in [0.2, 0.25) is 11.8 Å². The molecule has 1 fully saturated rings. The number of anilines is 1. The fraction of sp³-hybridized carbons (Fsp3) is 0.615. The van der Waals surface area contributed by atoms with Crippen molar-refractivity contribution in [2.24, 2.45) is 5.41 Å². The largest absolute Gasteiger partial charge is 0.378 e. The minimum absolute atomic E-state index is 0.210. The summed E-state index contributed by atoms with van der Waals surface area (Å²) in [6.45, 7) is 6.97. The van der Waals surface area contributed by atoms with Gasteiger partial charge in [-0.3, -0.25) is 9.59 Å². The van der Waals surface area contributed by atoms with Crippen molar-refractivity contribution >= 4 is 17.6 Å². The van der Waals surface area contributed by atoms with Gasteiger partial charge in [0.05, 0.1) is 13.2 Å². The van der Waals surface area contributed by atoms with E-state index in [-0.39, 0.29) is 5.91 Å². The Labute approximate surface area is 117 Å². The summed E-state index contributed by atoms with van der Waals surface area (Å²) in [5.41, 5.74) is -1.16. The number of ether oxygens (including phenoxy) is 1. The Morgan fingerprint density at radius 3 is 2.55 bits per heavy atom. The number of hydrogen-bond acceptors (Lipinski definition) is 5. The van der Waals surface area contributed by atoms with E-state index in [2.05, 4.69) is 10.5 Å². The lowest BCUT2D eigenvalue weighted by molar-refractivity contribution is -0.149. The summed E-state index contributed by atoms with van der Waals surface area (Å²) in [6, 6.07) is 1.60. The smallest absolute Gasteiger partial charge is 0.240 e. The molecule has 2 heterocycles. The van der Waals surface area contributed by atoms with E-state index in [1.807, 2.05) is 0 Å². The Morgan fingerprint density at radius 1 is 1.35 bits per heavy atom. The van der Waals surface area contributed by atoms with Crippen LogP contribution in [0.2, 0.25) is 0 Å². The SMILES string of the molecule is Cc1cc(NC(=O)C(C)(C)C(=O)N2CCOCC2)no1. The van der Waals surface area contributed by atoms with Crippen LogP contribution in [-0.4, -0.2) is 48.2 Å². The molecule has 0 unspecified atom stereocenters. The van der Waals surface area contributed by atoms with Gasteiger partial charge in [-0.05, 0) is 20.8 Å². The average molecular weight is 281 g/mol. The van der Waals surface area contributed by atoms with E-state index in [9.17, 15) is 9.59 Å². The van der Waals surface area contributed by atoms with Crippen molar-refractivity contribution in [3.05, 3.63) is 11.8 Å². The number of morpholine rings is 1. The first kappa shape index (κ1) is 14.5. The van der Waals surface area contributed by atoms with Crippen LogP contribution in [-0.2, 0) is 14.3 Å². The van der Waals surface area contributed by atoms with Crippen molar-refractivity contribution < 1.29 is 18.8 Å². The summed E-state index contributed by atoms with van der Waals surface area (Å²) in [5.74, 6) is 0.300. The van der Waals surface area contributed by atoms with E-state index in [1.165, 1.54) is 0 Å². The summed E-state index contributed by atoms with van der Waals surface area (Å²) in [4.78, 5) is 26.3. The van der Waals surface area contributed by atoms with Gasteiger partial charge in [-0.1, -0.05) is 5.16 Å². The maximum atomic E-state index is 12.4. The zero-order chi connectivity index (χ0) is 14.8. The molecule has 1 aromatic heterocycles. The Balaban J connectivity index is 2.04. The second-order valence-corrected chi connectivity index (χ2v) is 5.31. The van der Waals surface area contributed by atoms with Gasteiger partial charge in [0.1, 0.15) is 11.2 Å². The van der Waals surface area contributed by atoms with E-state index in [4.69, 9.17) is 9.26 Å². The molecule has 0 saturated carbocycles. The molecular weight excluding hydrogens is 262 g/mol. The lowest BCUT2D eigenvalue weighted by Crippen LogP contribution is -2.51. The van der Waals surface area contributed by atoms with Crippen LogP contribution >= 0.6 is 0 Å². The minimum atomic E-state index is -1.16. The van der Waals surface area contributed by atoms with Crippen molar-refractivity contribution in [1.82, 2.24) is 10.1 Å². The molecule has 1 aliphatic rings. The van der Waals surface area contributed by atoms with E-state index < -0.39 is 11.3 Å². The van der Waals surface area contributed by atoms with Crippen LogP contribution in [0.4, 0.5) is 5.82 Å². The highest BCUT2D eigenvalue weighted by Crippen LogP contribution is 2.22. The van der Waals surface area contributed by atoms with Crippen molar-refractivity contribution in [1.29, 1.82) is 0 Å². The molecule has 110 valence electrons. The van der Waals surface area contributed by atoms with E-state index in [0.717, 1.165) is 0 Å². The van der Waals surface area contributed by atoms with Crippen LogP contribution in [0.3, 0.4) is 0 Å². The molecule has 20 heavy (non-hydrogen) atoms. The molecule has 0 spiro atoms. The normalized spacial score (nSPS) is 16.1. The van der Waals surface area contributed by atoms with Crippen molar-refractivity contribution in [2.45, 2.75) is 20.8 Å². The minimum Gasteiger partial charge on any atom is -0.378 e. The van der Waals surface area contributed by atoms with E-state index >= 15 is 0 Å². The molecule has 1 N–H and O–H groups in total. The average Bonchev–Trinajstić information content (AvgIpc) is 2.84. The molecular formula is C13H19N3O4. The highest BCUT2D eigenvalue weighted by Gasteiger charge is 2.39. The maximum Gasteiger partial charge on any atom is 0.240 e. The van der Waals surface area contributed by atoms with E-state index in [0.29, 0.717) is 37.9 Å². The predicted octanol–water partition coefficient (Wildman–Crippen LogP) is 0.807. The number of nitrogens with zero attached hydrogens (tertiary/aromatic N) is 2. The second kappa shape index (κ2) is 5.62. The van der Waals surface area contributed by atoms with Gasteiger partial charge in [-0.15, -0.1) is 0 Å². The highest BCUT2D eigenvalue weighted by molar-refractivity contribution is 6.09. The van der Waals surface area contributed by atoms with Crippen molar-refractivity contribution in [3.8, 4) is 0 Å². The molecule has 1 aliphatic heterocycles. The zero-order valence-electron chi connectivity index (χ0n) is 11.9. The fourth-order valence-electron chi connectivity index (χ4n) is 1.96.